The second kappa shape index (κ2) is 10.3. The monoisotopic (exact) mass is 499 g/mol. The third-order valence-corrected chi connectivity index (χ3v) is 8.35. The smallest absolute Gasteiger partial charge is 0.321 e. The van der Waals surface area contributed by atoms with Crippen LogP contribution < -0.4 is 10.2 Å². The van der Waals surface area contributed by atoms with Crippen LogP contribution in [0.25, 0.3) is 10.2 Å². The van der Waals surface area contributed by atoms with Gasteiger partial charge in [-0.05, 0) is 62.4 Å². The zero-order valence-corrected chi connectivity index (χ0v) is 22.3. The quantitative estimate of drug-likeness (QED) is 0.362. The molecule has 0 aliphatic carbocycles. The van der Waals surface area contributed by atoms with E-state index in [0.717, 1.165) is 59.0 Å². The van der Waals surface area contributed by atoms with Gasteiger partial charge < -0.3 is 15.1 Å². The molecule has 3 heterocycles. The van der Waals surface area contributed by atoms with Gasteiger partial charge in [-0.2, -0.15) is 0 Å². The highest BCUT2D eigenvalue weighted by atomic mass is 32.1. The molecule has 1 aliphatic rings. The van der Waals surface area contributed by atoms with Crippen LogP contribution in [0.2, 0.25) is 0 Å². The Morgan fingerprint density at radius 1 is 0.889 bits per heavy atom. The Morgan fingerprint density at radius 2 is 1.64 bits per heavy atom. The minimum atomic E-state index is -0.0395. The number of anilines is 2. The fraction of sp³-hybridized carbons (Fsp3) is 0.345. The topological polar surface area (TPSA) is 61.4 Å². The lowest BCUT2D eigenvalue weighted by Gasteiger charge is -2.36. The highest BCUT2D eigenvalue weighted by molar-refractivity contribution is 7.18. The van der Waals surface area contributed by atoms with Crippen molar-refractivity contribution in [2.45, 2.75) is 40.5 Å². The third kappa shape index (κ3) is 4.93. The molecule has 2 aromatic heterocycles. The fourth-order valence-electron chi connectivity index (χ4n) is 4.72. The average molecular weight is 500 g/mol. The normalized spacial score (nSPS) is 13.9. The Hall–Kier alpha value is -3.45. The number of nitrogens with one attached hydrogen (secondary N) is 1. The van der Waals surface area contributed by atoms with Gasteiger partial charge in [-0.25, -0.2) is 14.8 Å². The Bertz CT molecular complexity index is 1390. The molecule has 0 radical (unpaired) electrons. The van der Waals surface area contributed by atoms with Gasteiger partial charge in [0.05, 0.1) is 5.39 Å². The van der Waals surface area contributed by atoms with Crippen LogP contribution in [-0.4, -0.2) is 47.1 Å². The van der Waals surface area contributed by atoms with E-state index in [4.69, 9.17) is 9.97 Å². The molecule has 186 valence electrons. The maximum Gasteiger partial charge on any atom is 0.321 e. The van der Waals surface area contributed by atoms with Gasteiger partial charge in [0.15, 0.2) is 0 Å². The molecular weight excluding hydrogens is 466 g/mol. The number of aromatic nitrogens is 2. The number of aryl methyl sites for hydroxylation is 5. The van der Waals surface area contributed by atoms with Crippen LogP contribution in [0.4, 0.5) is 16.3 Å². The first-order chi connectivity index (χ1) is 17.4. The molecule has 4 aromatic rings. The van der Waals surface area contributed by atoms with E-state index in [2.05, 4.69) is 61.3 Å². The van der Waals surface area contributed by atoms with Gasteiger partial charge in [-0.15, -0.1) is 11.3 Å². The van der Waals surface area contributed by atoms with Crippen molar-refractivity contribution in [1.29, 1.82) is 0 Å². The molecule has 1 aliphatic heterocycles. The van der Waals surface area contributed by atoms with Gasteiger partial charge >= 0.3 is 6.03 Å². The second-order valence-electron chi connectivity index (χ2n) is 9.56. The number of piperazine rings is 1. The van der Waals surface area contributed by atoms with E-state index in [9.17, 15) is 4.79 Å². The van der Waals surface area contributed by atoms with Crippen molar-refractivity contribution < 1.29 is 4.79 Å². The van der Waals surface area contributed by atoms with Gasteiger partial charge in [0.2, 0.25) is 0 Å². The highest BCUT2D eigenvalue weighted by Crippen LogP contribution is 2.35. The summed E-state index contributed by atoms with van der Waals surface area (Å²) in [7, 11) is 0. The van der Waals surface area contributed by atoms with E-state index >= 15 is 0 Å². The summed E-state index contributed by atoms with van der Waals surface area (Å²) < 4.78 is 0. The Balaban J connectivity index is 1.33. The molecule has 2 aromatic carbocycles. The van der Waals surface area contributed by atoms with Crippen LogP contribution >= 0.6 is 11.3 Å². The van der Waals surface area contributed by atoms with Crippen LogP contribution in [-0.2, 0) is 12.8 Å². The summed E-state index contributed by atoms with van der Waals surface area (Å²) in [4.78, 5) is 29.6. The van der Waals surface area contributed by atoms with Gasteiger partial charge in [-0.1, -0.05) is 42.5 Å². The molecule has 7 heteroatoms. The van der Waals surface area contributed by atoms with Gasteiger partial charge in [-0.3, -0.25) is 0 Å². The molecular formula is C29H33N5OS. The second-order valence-corrected chi connectivity index (χ2v) is 10.8. The van der Waals surface area contributed by atoms with E-state index in [1.54, 1.807) is 11.3 Å². The molecule has 0 unspecified atom stereocenters. The first-order valence-electron chi connectivity index (χ1n) is 12.6. The Morgan fingerprint density at radius 3 is 2.39 bits per heavy atom. The number of urea groups is 1. The van der Waals surface area contributed by atoms with E-state index in [0.29, 0.717) is 13.1 Å². The maximum absolute atomic E-state index is 13.0. The Kier molecular flexibility index (Phi) is 6.92. The van der Waals surface area contributed by atoms with Crippen molar-refractivity contribution in [1.82, 2.24) is 14.9 Å². The summed E-state index contributed by atoms with van der Waals surface area (Å²) >= 11 is 1.75. The van der Waals surface area contributed by atoms with Gasteiger partial charge in [0, 0.05) is 43.2 Å². The number of amides is 2. The van der Waals surface area contributed by atoms with Crippen molar-refractivity contribution in [2.24, 2.45) is 0 Å². The van der Waals surface area contributed by atoms with Gasteiger partial charge in [0.25, 0.3) is 0 Å². The summed E-state index contributed by atoms with van der Waals surface area (Å²) in [5.74, 6) is 1.90. The van der Waals surface area contributed by atoms with Crippen LogP contribution in [0.3, 0.4) is 0 Å². The van der Waals surface area contributed by atoms with E-state index in [1.807, 2.05) is 30.0 Å². The molecule has 1 N–H and O–H groups in total. The van der Waals surface area contributed by atoms with Crippen molar-refractivity contribution in [2.75, 3.05) is 36.4 Å². The molecule has 2 amide bonds. The maximum atomic E-state index is 13.0. The first-order valence-corrected chi connectivity index (χ1v) is 13.4. The number of benzene rings is 2. The molecule has 1 saturated heterocycles. The van der Waals surface area contributed by atoms with Gasteiger partial charge in [0.1, 0.15) is 16.5 Å². The lowest BCUT2D eigenvalue weighted by atomic mass is 10.1. The van der Waals surface area contributed by atoms with E-state index in [-0.39, 0.29) is 6.03 Å². The third-order valence-electron chi connectivity index (χ3n) is 7.25. The summed E-state index contributed by atoms with van der Waals surface area (Å²) in [6, 6.07) is 16.5. The van der Waals surface area contributed by atoms with Crippen molar-refractivity contribution in [3.8, 4) is 0 Å². The van der Waals surface area contributed by atoms with Crippen LogP contribution in [0.15, 0.2) is 48.5 Å². The van der Waals surface area contributed by atoms with Crippen LogP contribution in [0.1, 0.15) is 33.0 Å². The van der Waals surface area contributed by atoms with Crippen LogP contribution in [0, 0.1) is 27.7 Å². The zero-order valence-electron chi connectivity index (χ0n) is 21.5. The minimum Gasteiger partial charge on any atom is -0.352 e. The summed E-state index contributed by atoms with van der Waals surface area (Å²) in [5.41, 5.74) is 5.72. The number of carbonyl (C=O) groups is 1. The summed E-state index contributed by atoms with van der Waals surface area (Å²) in [6.45, 7) is 11.2. The summed E-state index contributed by atoms with van der Waals surface area (Å²) in [5, 5.41) is 4.26. The molecule has 0 saturated carbocycles. The molecule has 0 atom stereocenters. The number of nitrogens with zero attached hydrogens (tertiary/aromatic N) is 4. The molecule has 1 fully saturated rings. The molecule has 5 rings (SSSR count). The van der Waals surface area contributed by atoms with E-state index < -0.39 is 0 Å². The zero-order chi connectivity index (χ0) is 25.2. The number of rotatable bonds is 5. The minimum absolute atomic E-state index is 0.0395. The van der Waals surface area contributed by atoms with Crippen molar-refractivity contribution in [3.63, 3.8) is 0 Å². The summed E-state index contributed by atoms with van der Waals surface area (Å²) in [6.07, 6.45) is 1.72. The molecule has 0 spiro atoms. The molecule has 0 bridgehead atoms. The molecule has 36 heavy (non-hydrogen) atoms. The predicted molar refractivity (Wildman–Crippen MR) is 149 cm³/mol. The number of thiophene rings is 1. The fourth-order valence-corrected chi connectivity index (χ4v) is 5.76. The molecule has 6 nitrogen and oxygen atoms in total. The first kappa shape index (κ1) is 24.3. The predicted octanol–water partition coefficient (Wildman–Crippen LogP) is 6.06. The lowest BCUT2D eigenvalue weighted by molar-refractivity contribution is 0.208. The van der Waals surface area contributed by atoms with Crippen molar-refractivity contribution in [3.05, 3.63) is 81.5 Å². The lowest BCUT2D eigenvalue weighted by Crippen LogP contribution is -2.50. The van der Waals surface area contributed by atoms with Crippen molar-refractivity contribution >= 4 is 39.1 Å². The SMILES string of the molecule is Cc1cccc(NC(=O)N2CCN(c3nc(CCc4ccccc4)nc4sc(C)c(C)c34)CC2)c1C. The highest BCUT2D eigenvalue weighted by Gasteiger charge is 2.26. The number of carbonyl (C=O) groups excluding carboxylic acids is 1. The largest absolute Gasteiger partial charge is 0.352 e. The standard InChI is InChI=1S/C29H33N5OS/c1-19-9-8-12-24(20(19)2)30-29(35)34-17-15-33(16-18-34)27-26-21(3)22(4)36-28(26)32-25(31-27)14-13-23-10-6-5-7-11-23/h5-12H,13-18H2,1-4H3,(H,30,35). The average Bonchev–Trinajstić information content (AvgIpc) is 3.18. The van der Waals surface area contributed by atoms with Crippen LogP contribution in [0.5, 0.6) is 0 Å². The number of hydrogen-bond donors (Lipinski definition) is 1. The van der Waals surface area contributed by atoms with E-state index in [1.165, 1.54) is 21.6 Å². The number of fused-ring (bicyclic) bond motifs is 1. The Labute approximate surface area is 217 Å². The number of hydrogen-bond acceptors (Lipinski definition) is 5.